The molecule has 7 heteroatoms. The maximum Gasteiger partial charge on any atom is 0.270 e. The molecule has 2 aromatic heterocycles. The Hall–Kier alpha value is -4.57. The van der Waals surface area contributed by atoms with E-state index in [1.165, 1.54) is 36.4 Å². The van der Waals surface area contributed by atoms with Crippen LogP contribution in [-0.4, -0.2) is 21.0 Å². The van der Waals surface area contributed by atoms with Gasteiger partial charge in [0.2, 0.25) is 0 Å². The summed E-state index contributed by atoms with van der Waals surface area (Å²) in [5, 5.41) is 13.1. The number of aromatic hydroxyl groups is 1. The second kappa shape index (κ2) is 9.92. The molecule has 0 aliphatic rings. The van der Waals surface area contributed by atoms with E-state index in [0.29, 0.717) is 22.5 Å². The minimum atomic E-state index is -0.950. The number of amides is 1. The zero-order valence-electron chi connectivity index (χ0n) is 18.1. The highest BCUT2D eigenvalue weighted by Gasteiger charge is 2.22. The van der Waals surface area contributed by atoms with Crippen molar-refractivity contribution in [1.29, 1.82) is 0 Å². The molecule has 0 saturated carbocycles. The van der Waals surface area contributed by atoms with Gasteiger partial charge in [-0.05, 0) is 73.0 Å². The fraction of sp³-hybridized carbons (Fsp3) is 0.0741. The number of aromatic nitrogens is 2. The van der Waals surface area contributed by atoms with E-state index in [1.807, 2.05) is 6.07 Å². The van der Waals surface area contributed by atoms with Gasteiger partial charge < -0.3 is 10.4 Å². The molecule has 2 aromatic carbocycles. The van der Waals surface area contributed by atoms with E-state index < -0.39 is 23.6 Å². The molecule has 1 atom stereocenters. The fourth-order valence-corrected chi connectivity index (χ4v) is 3.39. The molecule has 5 nitrogen and oxygen atoms in total. The molecular weight excluding hydrogens is 436 g/mol. The van der Waals surface area contributed by atoms with Gasteiger partial charge in [0.15, 0.2) is 0 Å². The van der Waals surface area contributed by atoms with Crippen LogP contribution in [0.5, 0.6) is 5.75 Å². The molecule has 0 bridgehead atoms. The first kappa shape index (κ1) is 22.6. The third-order valence-corrected chi connectivity index (χ3v) is 4.97. The number of carbonyl (C=O) groups is 1. The van der Waals surface area contributed by atoms with Crippen LogP contribution in [-0.2, 0) is 0 Å². The number of nitrogens with one attached hydrogen (secondary N) is 1. The Kier molecular flexibility index (Phi) is 6.60. The standard InChI is InChI=1S/C27H19F2N3O2/c1-17-14-18(5-11-22-4-2-3-13-30-22)15-24(31-17)27(34)32-26(19-6-8-20(28)9-7-19)23-16-21(29)10-12-25(23)33/h2-4,6-10,12-16,26,33H,1H3,(H,32,34). The lowest BCUT2D eigenvalue weighted by atomic mass is 9.97. The van der Waals surface area contributed by atoms with Crippen molar-refractivity contribution < 1.29 is 18.7 Å². The number of phenolic OH excluding ortho intramolecular Hbond substituents is 1. The lowest BCUT2D eigenvalue weighted by Gasteiger charge is -2.21. The Morgan fingerprint density at radius 3 is 2.47 bits per heavy atom. The molecule has 2 heterocycles. The number of carbonyl (C=O) groups excluding carboxylic acids is 1. The minimum Gasteiger partial charge on any atom is -0.508 e. The number of aryl methyl sites for hydroxylation is 1. The van der Waals surface area contributed by atoms with Crippen LogP contribution in [0.25, 0.3) is 0 Å². The van der Waals surface area contributed by atoms with Gasteiger partial charge in [-0.25, -0.2) is 18.7 Å². The summed E-state index contributed by atoms with van der Waals surface area (Å²) in [6.07, 6.45) is 1.64. The van der Waals surface area contributed by atoms with E-state index in [9.17, 15) is 18.7 Å². The second-order valence-corrected chi connectivity index (χ2v) is 7.51. The molecule has 34 heavy (non-hydrogen) atoms. The molecule has 1 amide bonds. The van der Waals surface area contributed by atoms with Crippen LogP contribution in [0.3, 0.4) is 0 Å². The van der Waals surface area contributed by atoms with Crippen molar-refractivity contribution in [2.75, 3.05) is 0 Å². The van der Waals surface area contributed by atoms with Crippen LogP contribution < -0.4 is 5.32 Å². The number of hydrogen-bond acceptors (Lipinski definition) is 4. The predicted molar refractivity (Wildman–Crippen MR) is 123 cm³/mol. The Balaban J connectivity index is 1.68. The Morgan fingerprint density at radius 1 is 0.971 bits per heavy atom. The van der Waals surface area contributed by atoms with Gasteiger partial charge in [0, 0.05) is 23.0 Å². The molecule has 0 aliphatic carbocycles. The molecular formula is C27H19F2N3O2. The van der Waals surface area contributed by atoms with Crippen molar-refractivity contribution >= 4 is 5.91 Å². The fourth-order valence-electron chi connectivity index (χ4n) is 3.39. The third kappa shape index (κ3) is 5.43. The van der Waals surface area contributed by atoms with Gasteiger partial charge in [-0.2, -0.15) is 0 Å². The first-order valence-electron chi connectivity index (χ1n) is 10.4. The van der Waals surface area contributed by atoms with Crippen molar-refractivity contribution in [3.05, 3.63) is 124 Å². The van der Waals surface area contributed by atoms with E-state index in [-0.39, 0.29) is 17.0 Å². The molecule has 4 rings (SSSR count). The van der Waals surface area contributed by atoms with Crippen LogP contribution in [0, 0.1) is 30.4 Å². The molecule has 0 aliphatic heterocycles. The number of halogens is 2. The van der Waals surface area contributed by atoms with Crippen molar-refractivity contribution in [2.45, 2.75) is 13.0 Å². The normalized spacial score (nSPS) is 11.3. The van der Waals surface area contributed by atoms with E-state index >= 15 is 0 Å². The number of benzene rings is 2. The van der Waals surface area contributed by atoms with Crippen LogP contribution in [0.2, 0.25) is 0 Å². The maximum atomic E-state index is 14.0. The summed E-state index contributed by atoms with van der Waals surface area (Å²) < 4.78 is 27.4. The number of nitrogens with zero attached hydrogens (tertiary/aromatic N) is 2. The molecule has 0 saturated heterocycles. The molecule has 0 fully saturated rings. The van der Waals surface area contributed by atoms with Crippen molar-refractivity contribution in [3.63, 3.8) is 0 Å². The van der Waals surface area contributed by atoms with Gasteiger partial charge in [-0.3, -0.25) is 4.79 Å². The molecule has 1 unspecified atom stereocenters. The molecule has 2 N–H and O–H groups in total. The van der Waals surface area contributed by atoms with E-state index in [0.717, 1.165) is 12.1 Å². The van der Waals surface area contributed by atoms with Gasteiger partial charge in [0.05, 0.1) is 6.04 Å². The van der Waals surface area contributed by atoms with Gasteiger partial charge >= 0.3 is 0 Å². The molecule has 168 valence electrons. The average Bonchev–Trinajstić information content (AvgIpc) is 2.84. The van der Waals surface area contributed by atoms with Gasteiger partial charge in [-0.1, -0.05) is 24.1 Å². The summed E-state index contributed by atoms with van der Waals surface area (Å²) in [5.74, 6) is 4.08. The van der Waals surface area contributed by atoms with E-state index in [2.05, 4.69) is 27.1 Å². The Labute approximate surface area is 195 Å². The predicted octanol–water partition coefficient (Wildman–Crippen LogP) is 4.69. The van der Waals surface area contributed by atoms with Crippen LogP contribution >= 0.6 is 0 Å². The quantitative estimate of drug-likeness (QED) is 0.438. The monoisotopic (exact) mass is 455 g/mol. The maximum absolute atomic E-state index is 14.0. The van der Waals surface area contributed by atoms with Gasteiger partial charge in [0.25, 0.3) is 5.91 Å². The van der Waals surface area contributed by atoms with Crippen LogP contribution in [0.4, 0.5) is 8.78 Å². The SMILES string of the molecule is Cc1cc(C#Cc2ccccn2)cc(C(=O)NC(c2ccc(F)cc2)c2cc(F)ccc2O)n1. The molecule has 4 aromatic rings. The molecule has 0 spiro atoms. The van der Waals surface area contributed by atoms with Crippen molar-refractivity contribution in [1.82, 2.24) is 15.3 Å². The van der Waals surface area contributed by atoms with E-state index in [4.69, 9.17) is 0 Å². The zero-order valence-corrected chi connectivity index (χ0v) is 18.1. The second-order valence-electron chi connectivity index (χ2n) is 7.51. The minimum absolute atomic E-state index is 0.0910. The van der Waals surface area contributed by atoms with Crippen LogP contribution in [0.1, 0.15) is 44.6 Å². The summed E-state index contributed by atoms with van der Waals surface area (Å²) in [6.45, 7) is 1.73. The number of pyridine rings is 2. The highest BCUT2D eigenvalue weighted by atomic mass is 19.1. The first-order valence-corrected chi connectivity index (χ1v) is 10.4. The molecule has 0 radical (unpaired) electrons. The average molecular weight is 455 g/mol. The highest BCUT2D eigenvalue weighted by molar-refractivity contribution is 5.93. The van der Waals surface area contributed by atoms with Gasteiger partial charge in [0.1, 0.15) is 28.8 Å². The summed E-state index contributed by atoms with van der Waals surface area (Å²) in [6, 6.07) is 16.5. The van der Waals surface area contributed by atoms with E-state index in [1.54, 1.807) is 31.3 Å². The lowest BCUT2D eigenvalue weighted by molar-refractivity contribution is 0.0937. The highest BCUT2D eigenvalue weighted by Crippen LogP contribution is 2.30. The van der Waals surface area contributed by atoms with Crippen LogP contribution in [0.15, 0.2) is 79.0 Å². The van der Waals surface area contributed by atoms with Crippen molar-refractivity contribution in [2.24, 2.45) is 0 Å². The number of hydrogen-bond donors (Lipinski definition) is 2. The largest absolute Gasteiger partial charge is 0.508 e. The van der Waals surface area contributed by atoms with Crippen molar-refractivity contribution in [3.8, 4) is 17.6 Å². The zero-order chi connectivity index (χ0) is 24.1. The lowest BCUT2D eigenvalue weighted by Crippen LogP contribution is -2.30. The summed E-state index contributed by atoms with van der Waals surface area (Å²) in [7, 11) is 0. The third-order valence-electron chi connectivity index (χ3n) is 4.97. The summed E-state index contributed by atoms with van der Waals surface area (Å²) >= 11 is 0. The first-order chi connectivity index (χ1) is 16.4. The topological polar surface area (TPSA) is 75.1 Å². The Bertz CT molecular complexity index is 1400. The van der Waals surface area contributed by atoms with Gasteiger partial charge in [-0.15, -0.1) is 0 Å². The summed E-state index contributed by atoms with van der Waals surface area (Å²) in [4.78, 5) is 21.6. The Morgan fingerprint density at radius 2 is 1.74 bits per heavy atom. The summed E-state index contributed by atoms with van der Waals surface area (Å²) in [5.41, 5.74) is 2.40. The number of rotatable bonds is 4. The number of phenols is 1. The smallest absolute Gasteiger partial charge is 0.270 e.